The van der Waals surface area contributed by atoms with Gasteiger partial charge < -0.3 is 10.5 Å². The molecule has 2 aromatic carbocycles. The highest BCUT2D eigenvalue weighted by Gasteiger charge is 2.07. The molecule has 3 heteroatoms. The van der Waals surface area contributed by atoms with Crippen LogP contribution in [0.5, 0.6) is 11.5 Å². The van der Waals surface area contributed by atoms with Crippen LogP contribution in [-0.4, -0.2) is 0 Å². The van der Waals surface area contributed by atoms with Crippen molar-refractivity contribution in [2.75, 3.05) is 0 Å². The molecule has 0 saturated carbocycles. The van der Waals surface area contributed by atoms with Crippen LogP contribution in [0.2, 0.25) is 5.02 Å². The van der Waals surface area contributed by atoms with E-state index in [1.807, 2.05) is 43.3 Å². The van der Waals surface area contributed by atoms with Gasteiger partial charge in [0, 0.05) is 16.6 Å². The van der Waals surface area contributed by atoms with Gasteiger partial charge >= 0.3 is 0 Å². The Hall–Kier alpha value is -1.51. The van der Waals surface area contributed by atoms with E-state index in [2.05, 4.69) is 0 Å². The lowest BCUT2D eigenvalue weighted by atomic mass is 10.1. The van der Waals surface area contributed by atoms with Gasteiger partial charge in [0.05, 0.1) is 0 Å². The second kappa shape index (κ2) is 5.21. The van der Waals surface area contributed by atoms with Gasteiger partial charge in [0.25, 0.3) is 0 Å². The SMILES string of the molecule is C[C@@H](N)c1ccccc1Oc1ccc(Cl)cc1. The van der Waals surface area contributed by atoms with Gasteiger partial charge in [-0.15, -0.1) is 0 Å². The molecule has 0 aromatic heterocycles. The summed E-state index contributed by atoms with van der Waals surface area (Å²) in [6.07, 6.45) is 0. The zero-order valence-corrected chi connectivity index (χ0v) is 10.3. The van der Waals surface area contributed by atoms with E-state index in [4.69, 9.17) is 22.1 Å². The Labute approximate surface area is 106 Å². The van der Waals surface area contributed by atoms with Crippen molar-refractivity contribution in [3.8, 4) is 11.5 Å². The number of benzene rings is 2. The van der Waals surface area contributed by atoms with Crippen molar-refractivity contribution in [2.45, 2.75) is 13.0 Å². The third-order valence-corrected chi connectivity index (χ3v) is 2.70. The molecule has 2 rings (SSSR count). The van der Waals surface area contributed by atoms with Gasteiger partial charge in [0.15, 0.2) is 0 Å². The average Bonchev–Trinajstić information content (AvgIpc) is 2.32. The van der Waals surface area contributed by atoms with Crippen LogP contribution in [0.1, 0.15) is 18.5 Å². The van der Waals surface area contributed by atoms with E-state index in [-0.39, 0.29) is 6.04 Å². The molecule has 2 N–H and O–H groups in total. The summed E-state index contributed by atoms with van der Waals surface area (Å²) in [5, 5.41) is 0.692. The summed E-state index contributed by atoms with van der Waals surface area (Å²) in [6, 6.07) is 15.0. The molecule has 0 amide bonds. The first-order valence-corrected chi connectivity index (χ1v) is 5.82. The van der Waals surface area contributed by atoms with E-state index in [9.17, 15) is 0 Å². The van der Waals surface area contributed by atoms with Crippen molar-refractivity contribution in [1.29, 1.82) is 0 Å². The monoisotopic (exact) mass is 247 g/mol. The van der Waals surface area contributed by atoms with Crippen LogP contribution in [0.4, 0.5) is 0 Å². The highest BCUT2D eigenvalue weighted by molar-refractivity contribution is 6.30. The molecule has 0 radical (unpaired) electrons. The largest absolute Gasteiger partial charge is 0.457 e. The maximum Gasteiger partial charge on any atom is 0.132 e. The first-order valence-electron chi connectivity index (χ1n) is 5.45. The molecule has 0 aliphatic rings. The number of hydrogen-bond donors (Lipinski definition) is 1. The molecule has 17 heavy (non-hydrogen) atoms. The number of hydrogen-bond acceptors (Lipinski definition) is 2. The summed E-state index contributed by atoms with van der Waals surface area (Å²) < 4.78 is 5.79. The lowest BCUT2D eigenvalue weighted by Gasteiger charge is -2.13. The molecule has 0 bridgehead atoms. The van der Waals surface area contributed by atoms with Crippen molar-refractivity contribution in [2.24, 2.45) is 5.73 Å². The van der Waals surface area contributed by atoms with Crippen LogP contribution < -0.4 is 10.5 Å². The van der Waals surface area contributed by atoms with E-state index < -0.39 is 0 Å². The van der Waals surface area contributed by atoms with Crippen LogP contribution in [0, 0.1) is 0 Å². The molecule has 0 saturated heterocycles. The van der Waals surface area contributed by atoms with Crippen molar-refractivity contribution < 1.29 is 4.74 Å². The first kappa shape index (κ1) is 12.0. The van der Waals surface area contributed by atoms with Gasteiger partial charge in [-0.2, -0.15) is 0 Å². The van der Waals surface area contributed by atoms with Gasteiger partial charge in [-0.3, -0.25) is 0 Å². The molecule has 0 aliphatic carbocycles. The zero-order valence-electron chi connectivity index (χ0n) is 9.56. The van der Waals surface area contributed by atoms with E-state index in [1.54, 1.807) is 12.1 Å². The smallest absolute Gasteiger partial charge is 0.132 e. The number of rotatable bonds is 3. The zero-order chi connectivity index (χ0) is 12.3. The fraction of sp³-hybridized carbons (Fsp3) is 0.143. The first-order chi connectivity index (χ1) is 8.16. The number of nitrogens with two attached hydrogens (primary N) is 1. The molecule has 0 heterocycles. The Bertz CT molecular complexity index is 494. The van der Waals surface area contributed by atoms with Gasteiger partial charge in [-0.05, 0) is 37.3 Å². The quantitative estimate of drug-likeness (QED) is 0.884. The van der Waals surface area contributed by atoms with Gasteiger partial charge in [-0.1, -0.05) is 29.8 Å². The lowest BCUT2D eigenvalue weighted by Crippen LogP contribution is -2.06. The van der Waals surface area contributed by atoms with Gasteiger partial charge in [-0.25, -0.2) is 0 Å². The number of halogens is 1. The molecule has 0 unspecified atom stereocenters. The topological polar surface area (TPSA) is 35.2 Å². The minimum atomic E-state index is -0.0569. The Morgan fingerprint density at radius 3 is 2.35 bits per heavy atom. The Balaban J connectivity index is 2.26. The Morgan fingerprint density at radius 2 is 1.71 bits per heavy atom. The molecule has 88 valence electrons. The van der Waals surface area contributed by atoms with Crippen LogP contribution in [0.3, 0.4) is 0 Å². The molecular formula is C14H14ClNO. The fourth-order valence-electron chi connectivity index (χ4n) is 1.58. The van der Waals surface area contributed by atoms with E-state index in [0.29, 0.717) is 5.02 Å². The molecule has 1 atom stereocenters. The molecule has 0 aliphatic heterocycles. The molecule has 0 spiro atoms. The Morgan fingerprint density at radius 1 is 1.06 bits per heavy atom. The van der Waals surface area contributed by atoms with Crippen LogP contribution in [0.15, 0.2) is 48.5 Å². The average molecular weight is 248 g/mol. The fourth-order valence-corrected chi connectivity index (χ4v) is 1.71. The van der Waals surface area contributed by atoms with Crippen molar-refractivity contribution in [3.63, 3.8) is 0 Å². The summed E-state index contributed by atoms with van der Waals surface area (Å²) in [5.74, 6) is 1.53. The second-order valence-electron chi connectivity index (χ2n) is 3.88. The summed E-state index contributed by atoms with van der Waals surface area (Å²) in [6.45, 7) is 1.93. The molecular weight excluding hydrogens is 234 g/mol. The lowest BCUT2D eigenvalue weighted by molar-refractivity contribution is 0.472. The molecule has 0 fully saturated rings. The summed E-state index contributed by atoms with van der Waals surface area (Å²) in [5.41, 5.74) is 6.88. The maximum absolute atomic E-state index is 5.89. The molecule has 2 aromatic rings. The van der Waals surface area contributed by atoms with Crippen molar-refractivity contribution in [1.82, 2.24) is 0 Å². The van der Waals surface area contributed by atoms with E-state index in [1.165, 1.54) is 0 Å². The minimum Gasteiger partial charge on any atom is -0.457 e. The second-order valence-corrected chi connectivity index (χ2v) is 4.32. The number of ether oxygens (including phenoxy) is 1. The summed E-state index contributed by atoms with van der Waals surface area (Å²) in [7, 11) is 0. The number of para-hydroxylation sites is 1. The summed E-state index contributed by atoms with van der Waals surface area (Å²) >= 11 is 5.82. The van der Waals surface area contributed by atoms with Crippen LogP contribution in [0.25, 0.3) is 0 Å². The third kappa shape index (κ3) is 2.99. The minimum absolute atomic E-state index is 0.0569. The maximum atomic E-state index is 5.89. The normalized spacial score (nSPS) is 12.2. The van der Waals surface area contributed by atoms with Crippen LogP contribution in [-0.2, 0) is 0 Å². The van der Waals surface area contributed by atoms with Crippen molar-refractivity contribution in [3.05, 3.63) is 59.1 Å². The molecule has 2 nitrogen and oxygen atoms in total. The summed E-state index contributed by atoms with van der Waals surface area (Å²) in [4.78, 5) is 0. The van der Waals surface area contributed by atoms with E-state index in [0.717, 1.165) is 17.1 Å². The van der Waals surface area contributed by atoms with Gasteiger partial charge in [0.2, 0.25) is 0 Å². The highest BCUT2D eigenvalue weighted by Crippen LogP contribution is 2.28. The standard InChI is InChI=1S/C14H14ClNO/c1-10(16)13-4-2-3-5-14(13)17-12-8-6-11(15)7-9-12/h2-10H,16H2,1H3/t10-/m1/s1. The highest BCUT2D eigenvalue weighted by atomic mass is 35.5. The third-order valence-electron chi connectivity index (χ3n) is 2.45. The van der Waals surface area contributed by atoms with Gasteiger partial charge in [0.1, 0.15) is 11.5 Å². The Kier molecular flexibility index (Phi) is 3.67. The van der Waals surface area contributed by atoms with Crippen molar-refractivity contribution >= 4 is 11.6 Å². The van der Waals surface area contributed by atoms with E-state index >= 15 is 0 Å². The van der Waals surface area contributed by atoms with Crippen LogP contribution >= 0.6 is 11.6 Å². The predicted molar refractivity (Wildman–Crippen MR) is 70.6 cm³/mol. The predicted octanol–water partition coefficient (Wildman–Crippen LogP) is 4.15.